The Morgan fingerprint density at radius 3 is 2.87 bits per heavy atom. The van der Waals surface area contributed by atoms with Crippen LogP contribution in [0.25, 0.3) is 5.69 Å². The molecular formula is C7H5ClFN5O. The SMILES string of the molecule is Nc1cc(F)c(Cl)cc1-n1nn[nH]c1=O. The van der Waals surface area contributed by atoms with Crippen molar-refractivity contribution in [2.24, 2.45) is 0 Å². The maximum atomic E-state index is 13.0. The molecule has 0 radical (unpaired) electrons. The molecule has 0 saturated heterocycles. The van der Waals surface area contributed by atoms with Crippen molar-refractivity contribution in [3.05, 3.63) is 33.5 Å². The van der Waals surface area contributed by atoms with Crippen LogP contribution in [0.5, 0.6) is 0 Å². The van der Waals surface area contributed by atoms with Crippen LogP contribution in [0.4, 0.5) is 10.1 Å². The fraction of sp³-hybridized carbons (Fsp3) is 0. The molecule has 0 fully saturated rings. The summed E-state index contributed by atoms with van der Waals surface area (Å²) in [6, 6.07) is 2.22. The average Bonchev–Trinajstić information content (AvgIpc) is 2.58. The van der Waals surface area contributed by atoms with E-state index in [0.717, 1.165) is 10.7 Å². The van der Waals surface area contributed by atoms with E-state index in [2.05, 4.69) is 15.5 Å². The van der Waals surface area contributed by atoms with E-state index in [4.69, 9.17) is 17.3 Å². The highest BCUT2D eigenvalue weighted by Crippen LogP contribution is 2.23. The summed E-state index contributed by atoms with van der Waals surface area (Å²) < 4.78 is 13.8. The molecule has 0 aliphatic heterocycles. The summed E-state index contributed by atoms with van der Waals surface area (Å²) in [7, 11) is 0. The van der Waals surface area contributed by atoms with E-state index in [-0.39, 0.29) is 16.4 Å². The first-order valence-electron chi connectivity index (χ1n) is 3.85. The number of hydrogen-bond donors (Lipinski definition) is 2. The zero-order valence-electron chi connectivity index (χ0n) is 7.24. The van der Waals surface area contributed by atoms with E-state index in [1.54, 1.807) is 0 Å². The van der Waals surface area contributed by atoms with E-state index < -0.39 is 11.5 Å². The number of benzene rings is 1. The molecule has 0 aliphatic carbocycles. The summed E-state index contributed by atoms with van der Waals surface area (Å²) in [6.45, 7) is 0. The fourth-order valence-electron chi connectivity index (χ4n) is 1.09. The molecule has 2 rings (SSSR count). The van der Waals surface area contributed by atoms with Crippen molar-refractivity contribution in [3.8, 4) is 5.69 Å². The Balaban J connectivity index is 2.69. The maximum Gasteiger partial charge on any atom is 0.365 e. The lowest BCUT2D eigenvalue weighted by Gasteiger charge is -2.04. The topological polar surface area (TPSA) is 89.6 Å². The van der Waals surface area contributed by atoms with Gasteiger partial charge in [0.25, 0.3) is 0 Å². The molecule has 15 heavy (non-hydrogen) atoms. The number of nitrogens with zero attached hydrogens (tertiary/aromatic N) is 3. The number of H-pyrrole nitrogens is 1. The molecule has 1 aromatic carbocycles. The molecule has 0 unspecified atom stereocenters. The van der Waals surface area contributed by atoms with Crippen molar-refractivity contribution in [3.63, 3.8) is 0 Å². The minimum Gasteiger partial charge on any atom is -0.397 e. The van der Waals surface area contributed by atoms with Crippen molar-refractivity contribution < 1.29 is 4.39 Å². The van der Waals surface area contributed by atoms with E-state index in [1.807, 2.05) is 0 Å². The Labute approximate surface area is 87.4 Å². The van der Waals surface area contributed by atoms with Crippen LogP contribution < -0.4 is 11.4 Å². The number of nitrogen functional groups attached to an aromatic ring is 1. The number of tetrazole rings is 1. The monoisotopic (exact) mass is 229 g/mol. The predicted molar refractivity (Wildman–Crippen MR) is 51.4 cm³/mol. The van der Waals surface area contributed by atoms with Gasteiger partial charge >= 0.3 is 5.69 Å². The summed E-state index contributed by atoms with van der Waals surface area (Å²) in [4.78, 5) is 11.2. The molecule has 0 saturated carbocycles. The number of anilines is 1. The number of nitrogens with one attached hydrogen (secondary N) is 1. The van der Waals surface area contributed by atoms with Crippen molar-refractivity contribution in [1.29, 1.82) is 0 Å². The lowest BCUT2D eigenvalue weighted by molar-refractivity contribution is 0.628. The summed E-state index contributed by atoms with van der Waals surface area (Å²) in [6.07, 6.45) is 0. The average molecular weight is 230 g/mol. The summed E-state index contributed by atoms with van der Waals surface area (Å²) >= 11 is 5.55. The Morgan fingerprint density at radius 2 is 2.27 bits per heavy atom. The predicted octanol–water partition coefficient (Wildman–Crippen LogP) is 0.330. The lowest BCUT2D eigenvalue weighted by atomic mass is 10.2. The zero-order valence-corrected chi connectivity index (χ0v) is 7.99. The minimum atomic E-state index is -0.658. The van der Waals surface area contributed by atoms with Gasteiger partial charge in [-0.2, -0.15) is 4.68 Å². The standard InChI is InChI=1S/C7H5ClFN5O/c8-3-1-6(5(10)2-4(3)9)14-7(15)11-12-13-14/h1-2H,10H2,(H,11,13,15). The van der Waals surface area contributed by atoms with E-state index in [0.29, 0.717) is 0 Å². The first kappa shape index (κ1) is 9.66. The van der Waals surface area contributed by atoms with Gasteiger partial charge in [0, 0.05) is 6.07 Å². The molecule has 0 aliphatic rings. The van der Waals surface area contributed by atoms with Gasteiger partial charge in [0.05, 0.1) is 16.4 Å². The van der Waals surface area contributed by atoms with Gasteiger partial charge in [-0.3, -0.25) is 0 Å². The number of hydrogen-bond acceptors (Lipinski definition) is 4. The van der Waals surface area contributed by atoms with Gasteiger partial charge in [0.1, 0.15) is 5.82 Å². The lowest BCUT2D eigenvalue weighted by Crippen LogP contribution is -2.17. The van der Waals surface area contributed by atoms with Crippen LogP contribution in [-0.4, -0.2) is 20.2 Å². The highest BCUT2D eigenvalue weighted by atomic mass is 35.5. The Hall–Kier alpha value is -1.89. The second-order valence-electron chi connectivity index (χ2n) is 2.74. The van der Waals surface area contributed by atoms with Crippen molar-refractivity contribution in [2.75, 3.05) is 5.73 Å². The highest BCUT2D eigenvalue weighted by Gasteiger charge is 2.11. The van der Waals surface area contributed by atoms with Gasteiger partial charge in [-0.25, -0.2) is 14.3 Å². The largest absolute Gasteiger partial charge is 0.397 e. The molecule has 0 spiro atoms. The third-order valence-electron chi connectivity index (χ3n) is 1.77. The highest BCUT2D eigenvalue weighted by molar-refractivity contribution is 6.31. The second kappa shape index (κ2) is 3.35. The number of rotatable bonds is 1. The maximum absolute atomic E-state index is 13.0. The molecular weight excluding hydrogens is 225 g/mol. The molecule has 3 N–H and O–H groups in total. The van der Waals surface area contributed by atoms with Crippen molar-refractivity contribution >= 4 is 17.3 Å². The number of nitrogens with two attached hydrogens (primary N) is 1. The van der Waals surface area contributed by atoms with Crippen LogP contribution in [0.2, 0.25) is 5.02 Å². The van der Waals surface area contributed by atoms with Gasteiger partial charge in [0.2, 0.25) is 0 Å². The first-order chi connectivity index (χ1) is 7.09. The summed E-state index contributed by atoms with van der Waals surface area (Å²) in [5, 5.41) is 8.67. The van der Waals surface area contributed by atoms with E-state index >= 15 is 0 Å². The van der Waals surface area contributed by atoms with Gasteiger partial charge in [-0.15, -0.1) is 0 Å². The Kier molecular flexibility index (Phi) is 2.16. The third kappa shape index (κ3) is 1.57. The first-order valence-corrected chi connectivity index (χ1v) is 4.22. The molecule has 1 aromatic heterocycles. The van der Waals surface area contributed by atoms with Crippen LogP contribution in [0, 0.1) is 5.82 Å². The second-order valence-corrected chi connectivity index (χ2v) is 3.15. The van der Waals surface area contributed by atoms with Crippen molar-refractivity contribution in [2.45, 2.75) is 0 Å². The molecule has 1 heterocycles. The fourth-order valence-corrected chi connectivity index (χ4v) is 1.25. The number of halogens is 2. The van der Waals surface area contributed by atoms with Crippen LogP contribution in [0.15, 0.2) is 16.9 Å². The molecule has 6 nitrogen and oxygen atoms in total. The minimum absolute atomic E-state index is 0.0490. The van der Waals surface area contributed by atoms with Crippen molar-refractivity contribution in [1.82, 2.24) is 20.2 Å². The van der Waals surface area contributed by atoms with Crippen LogP contribution in [0.3, 0.4) is 0 Å². The molecule has 78 valence electrons. The van der Waals surface area contributed by atoms with Gasteiger partial charge < -0.3 is 5.73 Å². The van der Waals surface area contributed by atoms with Crippen LogP contribution in [-0.2, 0) is 0 Å². The molecule has 8 heteroatoms. The van der Waals surface area contributed by atoms with Gasteiger partial charge in [-0.05, 0) is 16.5 Å². The molecule has 2 aromatic rings. The van der Waals surface area contributed by atoms with Crippen LogP contribution >= 0.6 is 11.6 Å². The Bertz CT molecular complexity index is 563. The van der Waals surface area contributed by atoms with E-state index in [1.165, 1.54) is 6.07 Å². The molecule has 0 bridgehead atoms. The van der Waals surface area contributed by atoms with Gasteiger partial charge in [0.15, 0.2) is 0 Å². The normalized spacial score (nSPS) is 10.5. The van der Waals surface area contributed by atoms with Gasteiger partial charge in [-0.1, -0.05) is 11.6 Å². The van der Waals surface area contributed by atoms with Crippen LogP contribution in [0.1, 0.15) is 0 Å². The smallest absolute Gasteiger partial charge is 0.365 e. The molecule has 0 atom stereocenters. The summed E-state index contributed by atoms with van der Waals surface area (Å²) in [5.41, 5.74) is 5.16. The third-order valence-corrected chi connectivity index (χ3v) is 2.06. The quantitative estimate of drug-likeness (QED) is 0.690. The van der Waals surface area contributed by atoms with E-state index in [9.17, 15) is 9.18 Å². The zero-order chi connectivity index (χ0) is 11.0. The Morgan fingerprint density at radius 1 is 1.53 bits per heavy atom. The summed E-state index contributed by atoms with van der Waals surface area (Å²) in [5.74, 6) is -0.658. The molecule has 0 amide bonds. The number of aromatic nitrogens is 4. The number of aromatic amines is 1.